The number of benzene rings is 2. The summed E-state index contributed by atoms with van der Waals surface area (Å²) in [6, 6.07) is 18.6. The Morgan fingerprint density at radius 3 is 2.45 bits per heavy atom. The van der Waals surface area contributed by atoms with Gasteiger partial charge in [-0.25, -0.2) is 0 Å². The van der Waals surface area contributed by atoms with Crippen LogP contribution in [0.1, 0.15) is 23.1 Å². The van der Waals surface area contributed by atoms with E-state index < -0.39 is 0 Å². The van der Waals surface area contributed by atoms with Crippen LogP contribution >= 0.6 is 0 Å². The van der Waals surface area contributed by atoms with E-state index in [0.29, 0.717) is 6.54 Å². The molecule has 0 spiro atoms. The lowest BCUT2D eigenvalue weighted by atomic mass is 10.1. The molecule has 2 aromatic carbocycles. The Hall–Kier alpha value is -1.64. The quantitative estimate of drug-likeness (QED) is 0.809. The van der Waals surface area contributed by atoms with Crippen LogP contribution in [-0.2, 0) is 13.0 Å². The van der Waals surface area contributed by atoms with Gasteiger partial charge in [0.2, 0.25) is 0 Å². The van der Waals surface area contributed by atoms with Gasteiger partial charge in [0, 0.05) is 13.1 Å². The fraction of sp³-hybridized carbons (Fsp3) is 0.333. The van der Waals surface area contributed by atoms with Gasteiger partial charge in [0.1, 0.15) is 0 Å². The fourth-order valence-electron chi connectivity index (χ4n) is 2.26. The van der Waals surface area contributed by atoms with Crippen LogP contribution in [-0.4, -0.2) is 17.8 Å². The number of rotatable bonds is 7. The second-order valence-corrected chi connectivity index (χ2v) is 5.24. The molecule has 0 radical (unpaired) electrons. The largest absolute Gasteiger partial charge is 0.392 e. The molecule has 0 heterocycles. The van der Waals surface area contributed by atoms with E-state index in [0.717, 1.165) is 19.4 Å². The van der Waals surface area contributed by atoms with Gasteiger partial charge in [-0.2, -0.15) is 0 Å². The van der Waals surface area contributed by atoms with Crippen LogP contribution in [0, 0.1) is 6.92 Å². The van der Waals surface area contributed by atoms with Crippen LogP contribution in [0.2, 0.25) is 0 Å². The zero-order valence-electron chi connectivity index (χ0n) is 12.0. The topological polar surface area (TPSA) is 32.3 Å². The zero-order chi connectivity index (χ0) is 14.2. The Morgan fingerprint density at radius 1 is 1.00 bits per heavy atom. The minimum Gasteiger partial charge on any atom is -0.392 e. The maximum absolute atomic E-state index is 10.00. The highest BCUT2D eigenvalue weighted by molar-refractivity contribution is 5.25. The molecule has 0 aromatic heterocycles. The summed E-state index contributed by atoms with van der Waals surface area (Å²) in [4.78, 5) is 0. The molecule has 0 aliphatic rings. The van der Waals surface area contributed by atoms with Gasteiger partial charge < -0.3 is 10.4 Å². The molecule has 0 aliphatic carbocycles. The standard InChI is InChI=1S/C18H23NO/c1-15-7-5-6-10-17(15)13-19-14-18(20)12-11-16-8-3-2-4-9-16/h2-10,18-20H,11-14H2,1H3/t18-/m1/s1. The lowest BCUT2D eigenvalue weighted by Crippen LogP contribution is -2.27. The number of aliphatic hydroxyl groups excluding tert-OH is 1. The highest BCUT2D eigenvalue weighted by atomic mass is 16.3. The van der Waals surface area contributed by atoms with Gasteiger partial charge in [-0.15, -0.1) is 0 Å². The van der Waals surface area contributed by atoms with Gasteiger partial charge >= 0.3 is 0 Å². The van der Waals surface area contributed by atoms with Crippen LogP contribution in [0.5, 0.6) is 0 Å². The summed E-state index contributed by atoms with van der Waals surface area (Å²) in [5.74, 6) is 0. The Morgan fingerprint density at radius 2 is 1.70 bits per heavy atom. The Labute approximate surface area is 121 Å². The first-order valence-electron chi connectivity index (χ1n) is 7.23. The maximum Gasteiger partial charge on any atom is 0.0667 e. The van der Waals surface area contributed by atoms with Gasteiger partial charge in [-0.05, 0) is 36.5 Å². The Balaban J connectivity index is 1.68. The van der Waals surface area contributed by atoms with Crippen molar-refractivity contribution in [3.63, 3.8) is 0 Å². The summed E-state index contributed by atoms with van der Waals surface area (Å²) in [6.07, 6.45) is 1.43. The molecule has 2 aromatic rings. The van der Waals surface area contributed by atoms with Crippen LogP contribution in [0.25, 0.3) is 0 Å². The fourth-order valence-corrected chi connectivity index (χ4v) is 2.26. The second kappa shape index (κ2) is 7.83. The lowest BCUT2D eigenvalue weighted by molar-refractivity contribution is 0.161. The third-order valence-electron chi connectivity index (χ3n) is 3.57. The van der Waals surface area contributed by atoms with E-state index >= 15 is 0 Å². The monoisotopic (exact) mass is 269 g/mol. The summed E-state index contributed by atoms with van der Waals surface area (Å²) in [5.41, 5.74) is 3.87. The molecule has 1 atom stereocenters. The third-order valence-corrected chi connectivity index (χ3v) is 3.57. The summed E-state index contributed by atoms with van der Waals surface area (Å²) in [6.45, 7) is 3.57. The Kier molecular flexibility index (Phi) is 5.78. The molecular weight excluding hydrogens is 246 g/mol. The van der Waals surface area contributed by atoms with Crippen molar-refractivity contribution in [1.29, 1.82) is 0 Å². The normalized spacial score (nSPS) is 12.3. The van der Waals surface area contributed by atoms with E-state index in [1.165, 1.54) is 16.7 Å². The summed E-state index contributed by atoms with van der Waals surface area (Å²) < 4.78 is 0. The highest BCUT2D eigenvalue weighted by Crippen LogP contribution is 2.07. The van der Waals surface area contributed by atoms with E-state index in [4.69, 9.17) is 0 Å². The van der Waals surface area contributed by atoms with Crippen LogP contribution < -0.4 is 5.32 Å². The van der Waals surface area contributed by atoms with Gasteiger partial charge in [-0.3, -0.25) is 0 Å². The molecule has 2 heteroatoms. The summed E-state index contributed by atoms with van der Waals surface area (Å²) >= 11 is 0. The molecule has 0 saturated carbocycles. The molecule has 2 rings (SSSR count). The molecule has 2 N–H and O–H groups in total. The van der Waals surface area contributed by atoms with E-state index in [9.17, 15) is 5.11 Å². The first kappa shape index (κ1) is 14.8. The predicted octanol–water partition coefficient (Wildman–Crippen LogP) is 3.08. The summed E-state index contributed by atoms with van der Waals surface area (Å²) in [5, 5.41) is 13.3. The van der Waals surface area contributed by atoms with Crippen molar-refractivity contribution >= 4 is 0 Å². The average Bonchev–Trinajstić information content (AvgIpc) is 2.48. The van der Waals surface area contributed by atoms with E-state index in [1.807, 2.05) is 24.3 Å². The molecular formula is C18H23NO. The Bertz CT molecular complexity index is 510. The molecule has 2 nitrogen and oxygen atoms in total. The number of aryl methyl sites for hydroxylation is 2. The van der Waals surface area contributed by atoms with Crippen LogP contribution in [0.3, 0.4) is 0 Å². The second-order valence-electron chi connectivity index (χ2n) is 5.24. The van der Waals surface area contributed by atoms with Gasteiger partial charge in [0.15, 0.2) is 0 Å². The first-order chi connectivity index (χ1) is 9.75. The van der Waals surface area contributed by atoms with Crippen molar-refractivity contribution in [3.05, 3.63) is 71.3 Å². The number of aliphatic hydroxyl groups is 1. The predicted molar refractivity (Wildman–Crippen MR) is 83.7 cm³/mol. The number of nitrogens with one attached hydrogen (secondary N) is 1. The van der Waals surface area contributed by atoms with E-state index in [1.54, 1.807) is 0 Å². The molecule has 0 amide bonds. The van der Waals surface area contributed by atoms with Crippen LogP contribution in [0.15, 0.2) is 54.6 Å². The highest BCUT2D eigenvalue weighted by Gasteiger charge is 2.04. The third kappa shape index (κ3) is 4.80. The van der Waals surface area contributed by atoms with Crippen molar-refractivity contribution < 1.29 is 5.11 Å². The van der Waals surface area contributed by atoms with Crippen molar-refractivity contribution in [1.82, 2.24) is 5.32 Å². The first-order valence-corrected chi connectivity index (χ1v) is 7.23. The summed E-state index contributed by atoms with van der Waals surface area (Å²) in [7, 11) is 0. The minimum atomic E-state index is -0.292. The van der Waals surface area contributed by atoms with E-state index in [-0.39, 0.29) is 6.10 Å². The molecule has 20 heavy (non-hydrogen) atoms. The number of hydrogen-bond donors (Lipinski definition) is 2. The number of hydrogen-bond acceptors (Lipinski definition) is 2. The maximum atomic E-state index is 10.00. The van der Waals surface area contributed by atoms with Gasteiger partial charge in [0.05, 0.1) is 6.10 Å². The van der Waals surface area contributed by atoms with Gasteiger partial charge in [0.25, 0.3) is 0 Å². The van der Waals surface area contributed by atoms with Crippen molar-refractivity contribution in [3.8, 4) is 0 Å². The molecule has 0 unspecified atom stereocenters. The van der Waals surface area contributed by atoms with Crippen molar-refractivity contribution in [2.75, 3.05) is 6.54 Å². The molecule has 106 valence electrons. The SMILES string of the molecule is Cc1ccccc1CNC[C@H](O)CCc1ccccc1. The average molecular weight is 269 g/mol. The lowest BCUT2D eigenvalue weighted by Gasteiger charge is -2.13. The molecule has 0 aliphatic heterocycles. The van der Waals surface area contributed by atoms with Crippen LogP contribution in [0.4, 0.5) is 0 Å². The smallest absolute Gasteiger partial charge is 0.0667 e. The molecule has 0 saturated heterocycles. The molecule has 0 bridgehead atoms. The van der Waals surface area contributed by atoms with Crippen molar-refractivity contribution in [2.24, 2.45) is 0 Å². The zero-order valence-corrected chi connectivity index (χ0v) is 12.0. The van der Waals surface area contributed by atoms with Gasteiger partial charge in [-0.1, -0.05) is 54.6 Å². The van der Waals surface area contributed by atoms with E-state index in [2.05, 4.69) is 42.6 Å². The molecule has 0 fully saturated rings. The van der Waals surface area contributed by atoms with Crippen molar-refractivity contribution in [2.45, 2.75) is 32.4 Å². The minimum absolute atomic E-state index is 0.292.